The monoisotopic (exact) mass is 194 g/mol. The Morgan fingerprint density at radius 1 is 1.43 bits per heavy atom. The fourth-order valence-electron chi connectivity index (χ4n) is 1.54. The summed E-state index contributed by atoms with van der Waals surface area (Å²) in [6.45, 7) is 1.04. The summed E-state index contributed by atoms with van der Waals surface area (Å²) < 4.78 is 5.40. The zero-order valence-corrected chi connectivity index (χ0v) is 8.45. The van der Waals surface area contributed by atoms with Crippen LogP contribution >= 0.6 is 0 Å². The summed E-state index contributed by atoms with van der Waals surface area (Å²) in [5.74, 6) is 2.26. The Bertz CT molecular complexity index is 351. The van der Waals surface area contributed by atoms with Gasteiger partial charge >= 0.3 is 0 Å². The zero-order chi connectivity index (χ0) is 10.1. The Labute approximate surface area is 82.9 Å². The number of rotatable bonds is 2. The van der Waals surface area contributed by atoms with Crippen molar-refractivity contribution in [2.24, 2.45) is 5.73 Å². The lowest BCUT2D eigenvalue weighted by Crippen LogP contribution is -2.15. The Balaban J connectivity index is 2.52. The van der Waals surface area contributed by atoms with Crippen molar-refractivity contribution in [3.8, 4) is 5.88 Å². The van der Waals surface area contributed by atoms with Crippen molar-refractivity contribution in [2.75, 3.05) is 25.6 Å². The fraction of sp³-hybridized carbons (Fsp3) is 0.556. The van der Waals surface area contributed by atoms with E-state index in [1.165, 1.54) is 0 Å². The standard InChI is InChI=1S/C9H14N4O/c1-13(2)8-6-3-4-14-9(6)12-7(5-10)11-8/h3-5,10H2,1-2H3. The van der Waals surface area contributed by atoms with Crippen LogP contribution in [0.25, 0.3) is 0 Å². The number of aromatic nitrogens is 2. The summed E-state index contributed by atoms with van der Waals surface area (Å²) in [5, 5.41) is 0. The molecule has 2 heterocycles. The zero-order valence-electron chi connectivity index (χ0n) is 8.45. The van der Waals surface area contributed by atoms with E-state index in [0.29, 0.717) is 24.9 Å². The van der Waals surface area contributed by atoms with Crippen LogP contribution in [0, 0.1) is 0 Å². The molecule has 2 N–H and O–H groups in total. The average Bonchev–Trinajstić information content (AvgIpc) is 2.63. The van der Waals surface area contributed by atoms with Crippen LogP contribution < -0.4 is 15.4 Å². The highest BCUT2D eigenvalue weighted by Crippen LogP contribution is 2.29. The topological polar surface area (TPSA) is 64.3 Å². The summed E-state index contributed by atoms with van der Waals surface area (Å²) in [6.07, 6.45) is 0.883. The first-order valence-corrected chi connectivity index (χ1v) is 4.62. The number of fused-ring (bicyclic) bond motifs is 1. The van der Waals surface area contributed by atoms with E-state index in [4.69, 9.17) is 10.5 Å². The van der Waals surface area contributed by atoms with E-state index in [1.54, 1.807) is 0 Å². The second kappa shape index (κ2) is 3.42. The highest BCUT2D eigenvalue weighted by atomic mass is 16.5. The molecule has 2 rings (SSSR count). The Morgan fingerprint density at radius 2 is 2.21 bits per heavy atom. The molecule has 0 saturated heterocycles. The van der Waals surface area contributed by atoms with Crippen LogP contribution in [0.1, 0.15) is 11.4 Å². The van der Waals surface area contributed by atoms with Gasteiger partial charge in [0.15, 0.2) is 0 Å². The highest BCUT2D eigenvalue weighted by molar-refractivity contribution is 5.52. The van der Waals surface area contributed by atoms with Crippen molar-refractivity contribution in [3.05, 3.63) is 11.4 Å². The maximum absolute atomic E-state index is 5.51. The smallest absolute Gasteiger partial charge is 0.222 e. The Kier molecular flexibility index (Phi) is 2.25. The molecular weight excluding hydrogens is 180 g/mol. The van der Waals surface area contributed by atoms with E-state index in [0.717, 1.165) is 17.8 Å². The van der Waals surface area contributed by atoms with Crippen molar-refractivity contribution in [1.29, 1.82) is 0 Å². The van der Waals surface area contributed by atoms with Crippen molar-refractivity contribution in [2.45, 2.75) is 13.0 Å². The van der Waals surface area contributed by atoms with Crippen molar-refractivity contribution in [1.82, 2.24) is 9.97 Å². The van der Waals surface area contributed by atoms with Gasteiger partial charge in [-0.25, -0.2) is 4.98 Å². The first kappa shape index (κ1) is 9.21. The molecule has 0 unspecified atom stereocenters. The van der Waals surface area contributed by atoms with E-state index < -0.39 is 0 Å². The van der Waals surface area contributed by atoms with E-state index in [1.807, 2.05) is 19.0 Å². The van der Waals surface area contributed by atoms with Crippen LogP contribution in [-0.4, -0.2) is 30.7 Å². The molecule has 1 aromatic rings. The second-order valence-corrected chi connectivity index (χ2v) is 3.44. The molecular formula is C9H14N4O. The lowest BCUT2D eigenvalue weighted by molar-refractivity contribution is 0.343. The molecule has 0 atom stereocenters. The summed E-state index contributed by atoms with van der Waals surface area (Å²) in [4.78, 5) is 10.6. The van der Waals surface area contributed by atoms with Gasteiger partial charge < -0.3 is 15.4 Å². The van der Waals surface area contributed by atoms with Crippen molar-refractivity contribution in [3.63, 3.8) is 0 Å². The summed E-state index contributed by atoms with van der Waals surface area (Å²) in [6, 6.07) is 0. The molecule has 1 aliphatic rings. The normalized spacial score (nSPS) is 13.6. The Hall–Kier alpha value is -1.36. The third-order valence-corrected chi connectivity index (χ3v) is 2.19. The largest absolute Gasteiger partial charge is 0.477 e. The van der Waals surface area contributed by atoms with E-state index >= 15 is 0 Å². The lowest BCUT2D eigenvalue weighted by atomic mass is 10.2. The van der Waals surface area contributed by atoms with Gasteiger partial charge in [-0.3, -0.25) is 0 Å². The molecule has 0 fully saturated rings. The Morgan fingerprint density at radius 3 is 2.86 bits per heavy atom. The van der Waals surface area contributed by atoms with Gasteiger partial charge in [-0.1, -0.05) is 0 Å². The van der Waals surface area contributed by atoms with Crippen LogP contribution in [0.5, 0.6) is 5.88 Å². The molecule has 0 aliphatic carbocycles. The van der Waals surface area contributed by atoms with Crippen LogP contribution in [0.4, 0.5) is 5.82 Å². The molecule has 0 bridgehead atoms. The summed E-state index contributed by atoms with van der Waals surface area (Å²) in [5.41, 5.74) is 6.60. The predicted octanol–water partition coefficient (Wildman–Crippen LogP) is -0.0638. The van der Waals surface area contributed by atoms with Gasteiger partial charge in [-0.15, -0.1) is 0 Å². The van der Waals surface area contributed by atoms with Crippen molar-refractivity contribution < 1.29 is 4.74 Å². The molecule has 76 valence electrons. The number of ether oxygens (including phenoxy) is 1. The molecule has 0 saturated carbocycles. The van der Waals surface area contributed by atoms with Crippen LogP contribution in [0.2, 0.25) is 0 Å². The molecule has 5 heteroatoms. The SMILES string of the molecule is CN(C)c1nc(CN)nc2c1CCO2. The van der Waals surface area contributed by atoms with Crippen molar-refractivity contribution >= 4 is 5.82 Å². The number of nitrogens with two attached hydrogens (primary N) is 1. The van der Waals surface area contributed by atoms with Gasteiger partial charge in [-0.2, -0.15) is 4.98 Å². The molecule has 5 nitrogen and oxygen atoms in total. The molecule has 1 aromatic heterocycles. The number of hydrogen-bond donors (Lipinski definition) is 1. The van der Waals surface area contributed by atoms with Crippen LogP contribution in [-0.2, 0) is 13.0 Å². The number of anilines is 1. The minimum Gasteiger partial charge on any atom is -0.477 e. The van der Waals surface area contributed by atoms with E-state index in [-0.39, 0.29) is 0 Å². The van der Waals surface area contributed by atoms with Gasteiger partial charge in [0.05, 0.1) is 18.7 Å². The molecule has 0 amide bonds. The first-order chi connectivity index (χ1) is 6.72. The van der Waals surface area contributed by atoms with Gasteiger partial charge in [0.2, 0.25) is 5.88 Å². The molecule has 14 heavy (non-hydrogen) atoms. The van der Waals surface area contributed by atoms with Gasteiger partial charge in [0.1, 0.15) is 11.6 Å². The fourth-order valence-corrected chi connectivity index (χ4v) is 1.54. The second-order valence-electron chi connectivity index (χ2n) is 3.44. The number of hydrogen-bond acceptors (Lipinski definition) is 5. The predicted molar refractivity (Wildman–Crippen MR) is 53.4 cm³/mol. The first-order valence-electron chi connectivity index (χ1n) is 4.62. The molecule has 0 radical (unpaired) electrons. The summed E-state index contributed by atoms with van der Waals surface area (Å²) in [7, 11) is 3.92. The maximum atomic E-state index is 5.51. The lowest BCUT2D eigenvalue weighted by Gasteiger charge is -2.15. The van der Waals surface area contributed by atoms with Crippen LogP contribution in [0.15, 0.2) is 0 Å². The highest BCUT2D eigenvalue weighted by Gasteiger charge is 2.21. The van der Waals surface area contributed by atoms with E-state index in [9.17, 15) is 0 Å². The molecule has 0 spiro atoms. The third-order valence-electron chi connectivity index (χ3n) is 2.19. The molecule has 1 aliphatic heterocycles. The minimum atomic E-state index is 0.345. The third kappa shape index (κ3) is 1.39. The average molecular weight is 194 g/mol. The molecule has 0 aromatic carbocycles. The van der Waals surface area contributed by atoms with Gasteiger partial charge in [-0.05, 0) is 0 Å². The van der Waals surface area contributed by atoms with Crippen LogP contribution in [0.3, 0.4) is 0 Å². The summed E-state index contributed by atoms with van der Waals surface area (Å²) >= 11 is 0. The van der Waals surface area contributed by atoms with Gasteiger partial charge in [0.25, 0.3) is 0 Å². The van der Waals surface area contributed by atoms with E-state index in [2.05, 4.69) is 9.97 Å². The maximum Gasteiger partial charge on any atom is 0.222 e. The van der Waals surface area contributed by atoms with Gasteiger partial charge in [0, 0.05) is 20.5 Å². The minimum absolute atomic E-state index is 0.345. The number of nitrogens with zero attached hydrogens (tertiary/aromatic N) is 3. The quantitative estimate of drug-likeness (QED) is 0.714.